The van der Waals surface area contributed by atoms with Gasteiger partial charge in [-0.1, -0.05) is 0 Å². The summed E-state index contributed by atoms with van der Waals surface area (Å²) in [6.45, 7) is 1.53. The van der Waals surface area contributed by atoms with E-state index in [-0.39, 0.29) is 6.42 Å². The van der Waals surface area contributed by atoms with Gasteiger partial charge in [0.1, 0.15) is 11.8 Å². The van der Waals surface area contributed by atoms with E-state index in [2.05, 4.69) is 0 Å². The van der Waals surface area contributed by atoms with E-state index in [0.29, 0.717) is 10.8 Å². The summed E-state index contributed by atoms with van der Waals surface area (Å²) >= 11 is 0. The SMILES string of the molecule is C[C@H]1O[C@@H](n2cc(C(F)(F)F)c(=O)[nH]c2=O)C[C@H]1O. The standard InChI is InChI=1S/C10H11F3N2O4/c1-4-6(16)2-7(19-4)15-3-5(10(11,12)13)8(17)14-9(15)18/h3-4,6-7,16H,2H2,1H3,(H,14,17,18)/t4-,6-,7-/m1/s1. The van der Waals surface area contributed by atoms with Crippen LogP contribution in [0, 0.1) is 0 Å². The Hall–Kier alpha value is -1.61. The van der Waals surface area contributed by atoms with Gasteiger partial charge in [-0.05, 0) is 6.92 Å². The van der Waals surface area contributed by atoms with Crippen LogP contribution in [0.1, 0.15) is 25.1 Å². The summed E-state index contributed by atoms with van der Waals surface area (Å²) in [6.07, 6.45) is -6.99. The van der Waals surface area contributed by atoms with Gasteiger partial charge in [-0.3, -0.25) is 14.3 Å². The Morgan fingerprint density at radius 2 is 2.11 bits per heavy atom. The van der Waals surface area contributed by atoms with Gasteiger partial charge >= 0.3 is 11.9 Å². The summed E-state index contributed by atoms with van der Waals surface area (Å²) in [5.41, 5.74) is -3.99. The molecular weight excluding hydrogens is 269 g/mol. The van der Waals surface area contributed by atoms with E-state index in [9.17, 15) is 27.9 Å². The van der Waals surface area contributed by atoms with Gasteiger partial charge in [0.2, 0.25) is 0 Å². The van der Waals surface area contributed by atoms with E-state index in [1.54, 1.807) is 4.98 Å². The number of aromatic amines is 1. The van der Waals surface area contributed by atoms with Gasteiger partial charge in [-0.2, -0.15) is 13.2 Å². The highest BCUT2D eigenvalue weighted by molar-refractivity contribution is 5.09. The zero-order valence-electron chi connectivity index (χ0n) is 9.77. The van der Waals surface area contributed by atoms with Crippen molar-refractivity contribution in [3.05, 3.63) is 32.6 Å². The third-order valence-corrected chi connectivity index (χ3v) is 2.94. The van der Waals surface area contributed by atoms with Gasteiger partial charge in [0.15, 0.2) is 0 Å². The molecule has 1 fully saturated rings. The number of rotatable bonds is 1. The molecule has 0 aliphatic carbocycles. The van der Waals surface area contributed by atoms with Gasteiger partial charge in [0.25, 0.3) is 5.56 Å². The average molecular weight is 280 g/mol. The first kappa shape index (κ1) is 13.8. The average Bonchev–Trinajstić information content (AvgIpc) is 2.57. The van der Waals surface area contributed by atoms with Crippen LogP contribution in [0.25, 0.3) is 0 Å². The number of hydrogen-bond acceptors (Lipinski definition) is 4. The van der Waals surface area contributed by atoms with Gasteiger partial charge < -0.3 is 9.84 Å². The monoisotopic (exact) mass is 280 g/mol. The number of alkyl halides is 3. The number of aromatic nitrogens is 2. The van der Waals surface area contributed by atoms with E-state index < -0.39 is 41.4 Å². The Morgan fingerprint density at radius 1 is 1.47 bits per heavy atom. The molecule has 106 valence electrons. The summed E-state index contributed by atoms with van der Waals surface area (Å²) in [5, 5.41) is 9.47. The lowest BCUT2D eigenvalue weighted by Crippen LogP contribution is -2.36. The van der Waals surface area contributed by atoms with Crippen LogP contribution < -0.4 is 11.2 Å². The first-order valence-corrected chi connectivity index (χ1v) is 5.46. The fourth-order valence-corrected chi connectivity index (χ4v) is 1.87. The predicted molar refractivity (Wildman–Crippen MR) is 56.5 cm³/mol. The molecule has 0 radical (unpaired) electrons. The molecule has 0 aromatic carbocycles. The van der Waals surface area contributed by atoms with Crippen LogP contribution >= 0.6 is 0 Å². The zero-order valence-corrected chi connectivity index (χ0v) is 9.77. The normalized spacial score (nSPS) is 27.7. The molecule has 1 aromatic rings. The second-order valence-electron chi connectivity index (χ2n) is 4.31. The van der Waals surface area contributed by atoms with Crippen molar-refractivity contribution in [1.82, 2.24) is 9.55 Å². The van der Waals surface area contributed by atoms with Gasteiger partial charge in [-0.25, -0.2) is 4.79 Å². The van der Waals surface area contributed by atoms with E-state index in [4.69, 9.17) is 4.74 Å². The van der Waals surface area contributed by atoms with Crippen LogP contribution in [0.5, 0.6) is 0 Å². The number of H-pyrrole nitrogens is 1. The molecule has 0 bridgehead atoms. The number of hydrogen-bond donors (Lipinski definition) is 2. The van der Waals surface area contributed by atoms with Gasteiger partial charge in [-0.15, -0.1) is 0 Å². The smallest absolute Gasteiger partial charge is 0.390 e. The first-order valence-electron chi connectivity index (χ1n) is 5.46. The van der Waals surface area contributed by atoms with E-state index in [1.807, 2.05) is 0 Å². The topological polar surface area (TPSA) is 84.3 Å². The molecule has 0 spiro atoms. The summed E-state index contributed by atoms with van der Waals surface area (Å²) in [5.74, 6) is 0. The van der Waals surface area contributed by atoms with E-state index in [1.165, 1.54) is 6.92 Å². The molecular formula is C10H11F3N2O4. The highest BCUT2D eigenvalue weighted by Gasteiger charge is 2.37. The number of aliphatic hydroxyl groups is 1. The van der Waals surface area contributed by atoms with Crippen molar-refractivity contribution in [3.63, 3.8) is 0 Å². The van der Waals surface area contributed by atoms with Crippen molar-refractivity contribution >= 4 is 0 Å². The molecule has 0 amide bonds. The molecule has 2 N–H and O–H groups in total. The van der Waals surface area contributed by atoms with Crippen LogP contribution in [-0.2, 0) is 10.9 Å². The summed E-state index contributed by atoms with van der Waals surface area (Å²) in [6, 6.07) is 0. The molecule has 0 unspecified atom stereocenters. The van der Waals surface area contributed by atoms with Crippen molar-refractivity contribution in [2.75, 3.05) is 0 Å². The first-order chi connectivity index (χ1) is 8.70. The Labute approximate surface area is 104 Å². The zero-order chi connectivity index (χ0) is 14.4. The largest absolute Gasteiger partial charge is 0.423 e. The molecule has 1 saturated heterocycles. The molecule has 1 aliphatic heterocycles. The molecule has 3 atom stereocenters. The third-order valence-electron chi connectivity index (χ3n) is 2.94. The highest BCUT2D eigenvalue weighted by Crippen LogP contribution is 2.29. The number of ether oxygens (including phenoxy) is 1. The quantitative estimate of drug-likeness (QED) is 0.771. The van der Waals surface area contributed by atoms with Crippen LogP contribution in [0.4, 0.5) is 13.2 Å². The Morgan fingerprint density at radius 3 is 2.58 bits per heavy atom. The minimum absolute atomic E-state index is 0.0234. The predicted octanol–water partition coefficient (Wildman–Crippen LogP) is 0.224. The molecule has 1 aliphatic rings. The molecule has 1 aromatic heterocycles. The van der Waals surface area contributed by atoms with Crippen molar-refractivity contribution < 1.29 is 23.0 Å². The van der Waals surface area contributed by atoms with Crippen LogP contribution in [0.2, 0.25) is 0 Å². The minimum Gasteiger partial charge on any atom is -0.390 e. The maximum Gasteiger partial charge on any atom is 0.423 e. The van der Waals surface area contributed by atoms with E-state index in [0.717, 1.165) is 0 Å². The molecule has 6 nitrogen and oxygen atoms in total. The lowest BCUT2D eigenvalue weighted by Gasteiger charge is -2.15. The van der Waals surface area contributed by atoms with Crippen molar-refractivity contribution in [2.24, 2.45) is 0 Å². The molecule has 9 heteroatoms. The molecule has 2 rings (SSSR count). The van der Waals surface area contributed by atoms with Crippen LogP contribution in [-0.4, -0.2) is 26.9 Å². The van der Waals surface area contributed by atoms with Crippen molar-refractivity contribution in [1.29, 1.82) is 0 Å². The van der Waals surface area contributed by atoms with E-state index >= 15 is 0 Å². The van der Waals surface area contributed by atoms with Crippen LogP contribution in [0.15, 0.2) is 15.8 Å². The maximum atomic E-state index is 12.6. The van der Waals surface area contributed by atoms with Gasteiger partial charge in [0, 0.05) is 12.6 Å². The lowest BCUT2D eigenvalue weighted by molar-refractivity contribution is -0.139. The number of aliphatic hydroxyl groups excluding tert-OH is 1. The Bertz CT molecular complexity index is 582. The van der Waals surface area contributed by atoms with Crippen LogP contribution in [0.3, 0.4) is 0 Å². The Kier molecular flexibility index (Phi) is 3.27. The maximum absolute atomic E-state index is 12.6. The molecule has 2 heterocycles. The second-order valence-corrected chi connectivity index (χ2v) is 4.31. The lowest BCUT2D eigenvalue weighted by atomic mass is 10.2. The van der Waals surface area contributed by atoms with Crippen molar-refractivity contribution in [2.45, 2.75) is 38.0 Å². The minimum atomic E-state index is -4.87. The van der Waals surface area contributed by atoms with Crippen molar-refractivity contribution in [3.8, 4) is 0 Å². The second kappa shape index (κ2) is 4.49. The number of nitrogens with zero attached hydrogens (tertiary/aromatic N) is 1. The summed E-state index contributed by atoms with van der Waals surface area (Å²) in [7, 11) is 0. The number of nitrogens with one attached hydrogen (secondary N) is 1. The number of halogens is 3. The molecule has 19 heavy (non-hydrogen) atoms. The third kappa shape index (κ3) is 2.56. The van der Waals surface area contributed by atoms with Gasteiger partial charge in [0.05, 0.1) is 12.2 Å². The fourth-order valence-electron chi connectivity index (χ4n) is 1.87. The Balaban J connectivity index is 2.48. The molecule has 0 saturated carbocycles. The fraction of sp³-hybridized carbons (Fsp3) is 0.600. The summed E-state index contributed by atoms with van der Waals surface area (Å²) in [4.78, 5) is 24.2. The summed E-state index contributed by atoms with van der Waals surface area (Å²) < 4.78 is 43.5. The highest BCUT2D eigenvalue weighted by atomic mass is 19.4.